The molecule has 0 aliphatic carbocycles. The van der Waals surface area contributed by atoms with Crippen LogP contribution in [0.3, 0.4) is 0 Å². The standard InChI is InChI=1S/C16H17N3O/c1-20-14-9-7-13(8-10-14)19-16(15(18)11-17)12-5-3-2-4-6-12/h2-10,15-16,19H,18H2,1H3. The number of ether oxygens (including phenoxy) is 1. The van der Waals surface area contributed by atoms with Gasteiger partial charge in [-0.05, 0) is 29.8 Å². The molecule has 0 aromatic heterocycles. The van der Waals surface area contributed by atoms with Crippen molar-refractivity contribution in [2.24, 2.45) is 5.73 Å². The molecule has 2 aromatic carbocycles. The van der Waals surface area contributed by atoms with E-state index in [-0.39, 0.29) is 6.04 Å². The summed E-state index contributed by atoms with van der Waals surface area (Å²) in [6.07, 6.45) is 0. The van der Waals surface area contributed by atoms with Crippen LogP contribution in [-0.4, -0.2) is 13.2 Å². The first-order chi connectivity index (χ1) is 9.74. The lowest BCUT2D eigenvalue weighted by molar-refractivity contribution is 0.415. The monoisotopic (exact) mass is 267 g/mol. The Bertz CT molecular complexity index is 575. The zero-order chi connectivity index (χ0) is 14.4. The Morgan fingerprint density at radius 2 is 1.75 bits per heavy atom. The molecule has 0 radical (unpaired) electrons. The third kappa shape index (κ3) is 3.28. The Morgan fingerprint density at radius 1 is 1.10 bits per heavy atom. The van der Waals surface area contributed by atoms with Crippen LogP contribution in [0.5, 0.6) is 5.75 Å². The van der Waals surface area contributed by atoms with Crippen molar-refractivity contribution in [2.45, 2.75) is 12.1 Å². The summed E-state index contributed by atoms with van der Waals surface area (Å²) in [5.74, 6) is 0.788. The molecule has 2 rings (SSSR count). The maximum absolute atomic E-state index is 9.09. The van der Waals surface area contributed by atoms with Crippen LogP contribution in [0.4, 0.5) is 5.69 Å². The number of methoxy groups -OCH3 is 1. The summed E-state index contributed by atoms with van der Waals surface area (Å²) in [6.45, 7) is 0. The average molecular weight is 267 g/mol. The number of nitriles is 1. The minimum Gasteiger partial charge on any atom is -0.497 e. The van der Waals surface area contributed by atoms with E-state index in [0.717, 1.165) is 17.0 Å². The van der Waals surface area contributed by atoms with Crippen LogP contribution in [-0.2, 0) is 0 Å². The minimum atomic E-state index is -0.625. The van der Waals surface area contributed by atoms with E-state index in [4.69, 9.17) is 15.7 Å². The molecule has 2 aromatic rings. The molecule has 0 amide bonds. The highest BCUT2D eigenvalue weighted by Gasteiger charge is 2.19. The summed E-state index contributed by atoms with van der Waals surface area (Å²) < 4.78 is 5.12. The SMILES string of the molecule is COc1ccc(NC(c2ccccc2)C(N)C#N)cc1. The summed E-state index contributed by atoms with van der Waals surface area (Å²) in [5, 5.41) is 12.4. The Morgan fingerprint density at radius 3 is 2.30 bits per heavy atom. The highest BCUT2D eigenvalue weighted by Crippen LogP contribution is 2.23. The fourth-order valence-electron chi connectivity index (χ4n) is 1.98. The van der Waals surface area contributed by atoms with Gasteiger partial charge in [0.05, 0.1) is 19.2 Å². The van der Waals surface area contributed by atoms with Crippen LogP contribution >= 0.6 is 0 Å². The zero-order valence-electron chi connectivity index (χ0n) is 11.3. The molecule has 0 spiro atoms. The Kier molecular flexibility index (Phi) is 4.59. The van der Waals surface area contributed by atoms with E-state index < -0.39 is 6.04 Å². The summed E-state index contributed by atoms with van der Waals surface area (Å²) in [7, 11) is 1.63. The smallest absolute Gasteiger partial charge is 0.119 e. The molecule has 0 aliphatic heterocycles. The molecule has 0 fully saturated rings. The zero-order valence-corrected chi connectivity index (χ0v) is 11.3. The first kappa shape index (κ1) is 13.9. The van der Waals surface area contributed by atoms with Gasteiger partial charge in [-0.15, -0.1) is 0 Å². The molecule has 4 nitrogen and oxygen atoms in total. The van der Waals surface area contributed by atoms with Gasteiger partial charge in [-0.2, -0.15) is 5.26 Å². The quantitative estimate of drug-likeness (QED) is 0.873. The Balaban J connectivity index is 2.22. The van der Waals surface area contributed by atoms with Crippen molar-refractivity contribution in [2.75, 3.05) is 12.4 Å². The number of nitrogens with one attached hydrogen (secondary N) is 1. The van der Waals surface area contributed by atoms with E-state index in [1.165, 1.54) is 0 Å². The van der Waals surface area contributed by atoms with Crippen molar-refractivity contribution in [3.8, 4) is 11.8 Å². The number of benzene rings is 2. The number of rotatable bonds is 5. The van der Waals surface area contributed by atoms with Crippen LogP contribution in [0, 0.1) is 11.3 Å². The van der Waals surface area contributed by atoms with Crippen molar-refractivity contribution in [1.29, 1.82) is 5.26 Å². The number of anilines is 1. The number of nitrogens with zero attached hydrogens (tertiary/aromatic N) is 1. The molecule has 102 valence electrons. The van der Waals surface area contributed by atoms with Crippen LogP contribution < -0.4 is 15.8 Å². The summed E-state index contributed by atoms with van der Waals surface area (Å²) in [5.41, 5.74) is 7.78. The largest absolute Gasteiger partial charge is 0.497 e. The van der Waals surface area contributed by atoms with Gasteiger partial charge >= 0.3 is 0 Å². The van der Waals surface area contributed by atoms with Gasteiger partial charge < -0.3 is 15.8 Å². The fourth-order valence-corrected chi connectivity index (χ4v) is 1.98. The summed E-state index contributed by atoms with van der Waals surface area (Å²) in [6, 6.07) is 18.5. The van der Waals surface area contributed by atoms with E-state index in [9.17, 15) is 0 Å². The van der Waals surface area contributed by atoms with Gasteiger partial charge in [0.25, 0.3) is 0 Å². The van der Waals surface area contributed by atoms with Gasteiger partial charge in [0.15, 0.2) is 0 Å². The summed E-state index contributed by atoms with van der Waals surface area (Å²) in [4.78, 5) is 0. The predicted molar refractivity (Wildman–Crippen MR) is 79.4 cm³/mol. The maximum atomic E-state index is 9.09. The van der Waals surface area contributed by atoms with Gasteiger partial charge in [-0.25, -0.2) is 0 Å². The third-order valence-corrected chi connectivity index (χ3v) is 3.08. The number of hydrogen-bond acceptors (Lipinski definition) is 4. The molecular formula is C16H17N3O. The molecule has 0 heterocycles. The molecule has 2 unspecified atom stereocenters. The van der Waals surface area contributed by atoms with Crippen molar-refractivity contribution < 1.29 is 4.74 Å². The lowest BCUT2D eigenvalue weighted by Crippen LogP contribution is -2.31. The Hall–Kier alpha value is -2.51. The molecule has 0 aliphatic rings. The van der Waals surface area contributed by atoms with Gasteiger partial charge in [0.1, 0.15) is 11.8 Å². The Labute approximate surface area is 118 Å². The highest BCUT2D eigenvalue weighted by molar-refractivity contribution is 5.49. The topological polar surface area (TPSA) is 71.1 Å². The molecule has 4 heteroatoms. The first-order valence-corrected chi connectivity index (χ1v) is 6.35. The van der Waals surface area contributed by atoms with Gasteiger partial charge in [-0.3, -0.25) is 0 Å². The van der Waals surface area contributed by atoms with Crippen LogP contribution in [0.1, 0.15) is 11.6 Å². The lowest BCUT2D eigenvalue weighted by Gasteiger charge is -2.22. The van der Waals surface area contributed by atoms with Gasteiger partial charge in [-0.1, -0.05) is 30.3 Å². The van der Waals surface area contributed by atoms with Crippen LogP contribution in [0.15, 0.2) is 54.6 Å². The molecule has 20 heavy (non-hydrogen) atoms. The normalized spacial score (nSPS) is 13.1. The second-order valence-electron chi connectivity index (χ2n) is 4.42. The molecule has 3 N–H and O–H groups in total. The second-order valence-corrected chi connectivity index (χ2v) is 4.42. The van der Waals surface area contributed by atoms with E-state index in [1.807, 2.05) is 54.6 Å². The van der Waals surface area contributed by atoms with Crippen molar-refractivity contribution in [1.82, 2.24) is 0 Å². The van der Waals surface area contributed by atoms with E-state index in [2.05, 4.69) is 11.4 Å². The van der Waals surface area contributed by atoms with Crippen molar-refractivity contribution >= 4 is 5.69 Å². The van der Waals surface area contributed by atoms with Gasteiger partial charge in [0, 0.05) is 5.69 Å². The van der Waals surface area contributed by atoms with E-state index in [0.29, 0.717) is 0 Å². The fraction of sp³-hybridized carbons (Fsp3) is 0.188. The molecule has 0 bridgehead atoms. The van der Waals surface area contributed by atoms with Crippen molar-refractivity contribution in [3.63, 3.8) is 0 Å². The van der Waals surface area contributed by atoms with E-state index in [1.54, 1.807) is 7.11 Å². The molecular weight excluding hydrogens is 250 g/mol. The van der Waals surface area contributed by atoms with Crippen LogP contribution in [0.25, 0.3) is 0 Å². The average Bonchev–Trinajstić information content (AvgIpc) is 2.53. The number of hydrogen-bond donors (Lipinski definition) is 2. The third-order valence-electron chi connectivity index (χ3n) is 3.08. The second kappa shape index (κ2) is 6.60. The number of nitrogens with two attached hydrogens (primary N) is 1. The highest BCUT2D eigenvalue weighted by atomic mass is 16.5. The molecule has 0 saturated heterocycles. The first-order valence-electron chi connectivity index (χ1n) is 6.35. The van der Waals surface area contributed by atoms with Crippen molar-refractivity contribution in [3.05, 3.63) is 60.2 Å². The van der Waals surface area contributed by atoms with E-state index >= 15 is 0 Å². The van der Waals surface area contributed by atoms with Crippen LogP contribution in [0.2, 0.25) is 0 Å². The summed E-state index contributed by atoms with van der Waals surface area (Å²) >= 11 is 0. The lowest BCUT2D eigenvalue weighted by atomic mass is 10.0. The van der Waals surface area contributed by atoms with Gasteiger partial charge in [0.2, 0.25) is 0 Å². The minimum absolute atomic E-state index is 0.255. The molecule has 0 saturated carbocycles. The maximum Gasteiger partial charge on any atom is 0.119 e. The molecule has 2 atom stereocenters. The predicted octanol–water partition coefficient (Wildman–Crippen LogP) is 2.70.